The molecule has 0 aliphatic heterocycles. The van der Waals surface area contributed by atoms with E-state index in [1.807, 2.05) is 0 Å². The molecule has 118 valence electrons. The van der Waals surface area contributed by atoms with E-state index < -0.39 is 17.6 Å². The van der Waals surface area contributed by atoms with Crippen LogP contribution >= 0.6 is 0 Å². The molecule has 8 heteroatoms. The first-order chi connectivity index (χ1) is 10.9. The minimum Gasteiger partial charge on any atom is -0.403 e. The third-order valence-electron chi connectivity index (χ3n) is 2.98. The van der Waals surface area contributed by atoms with Crippen molar-refractivity contribution in [3.8, 4) is 11.5 Å². The molecule has 1 aromatic heterocycles. The number of anilines is 2. The maximum Gasteiger partial charge on any atom is 0.416 e. The predicted molar refractivity (Wildman–Crippen MR) is 74.4 cm³/mol. The molecule has 0 saturated carbocycles. The Bertz CT molecular complexity index is 795. The van der Waals surface area contributed by atoms with E-state index in [2.05, 4.69) is 15.5 Å². The van der Waals surface area contributed by atoms with Gasteiger partial charge in [0.2, 0.25) is 5.89 Å². The van der Waals surface area contributed by atoms with Gasteiger partial charge < -0.3 is 9.73 Å². The Morgan fingerprint density at radius 3 is 2.13 bits per heavy atom. The Labute approximate surface area is 127 Å². The van der Waals surface area contributed by atoms with E-state index >= 15 is 0 Å². The Morgan fingerprint density at radius 1 is 0.870 bits per heavy atom. The molecular weight excluding hydrogens is 314 g/mol. The fourth-order valence-electron chi connectivity index (χ4n) is 1.85. The SMILES string of the molecule is Fc1ccc(-c2nnc(Nc3ccc(C(F)(F)F)cc3)o2)cc1. The molecule has 0 bridgehead atoms. The Balaban J connectivity index is 1.75. The van der Waals surface area contributed by atoms with Crippen molar-refractivity contribution in [2.45, 2.75) is 6.18 Å². The average Bonchev–Trinajstić information content (AvgIpc) is 2.96. The lowest BCUT2D eigenvalue weighted by atomic mass is 10.2. The summed E-state index contributed by atoms with van der Waals surface area (Å²) in [5.74, 6) is -0.226. The minimum absolute atomic E-state index is 0.0177. The minimum atomic E-state index is -4.39. The maximum atomic E-state index is 12.9. The molecule has 0 atom stereocenters. The van der Waals surface area contributed by atoms with Gasteiger partial charge in [-0.2, -0.15) is 13.2 Å². The summed E-state index contributed by atoms with van der Waals surface area (Å²) in [4.78, 5) is 0. The molecular formula is C15H9F4N3O. The first kappa shape index (κ1) is 15.0. The summed E-state index contributed by atoms with van der Waals surface area (Å²) in [6.07, 6.45) is -4.39. The fourth-order valence-corrected chi connectivity index (χ4v) is 1.85. The molecule has 0 aliphatic rings. The number of rotatable bonds is 3. The summed E-state index contributed by atoms with van der Waals surface area (Å²) in [5.41, 5.74) is 0.146. The highest BCUT2D eigenvalue weighted by molar-refractivity contribution is 5.56. The number of benzene rings is 2. The molecule has 0 radical (unpaired) electrons. The molecule has 1 heterocycles. The van der Waals surface area contributed by atoms with Crippen LogP contribution in [-0.4, -0.2) is 10.2 Å². The number of halogens is 4. The normalized spacial score (nSPS) is 11.5. The second-order valence-corrected chi connectivity index (χ2v) is 4.62. The predicted octanol–water partition coefficient (Wildman–Crippen LogP) is 4.64. The monoisotopic (exact) mass is 323 g/mol. The van der Waals surface area contributed by atoms with E-state index in [1.54, 1.807) is 0 Å². The van der Waals surface area contributed by atoms with Gasteiger partial charge in [-0.05, 0) is 48.5 Å². The van der Waals surface area contributed by atoms with Crippen LogP contribution in [0.25, 0.3) is 11.5 Å². The zero-order chi connectivity index (χ0) is 16.4. The standard InChI is InChI=1S/C15H9F4N3O/c16-11-5-1-9(2-6-11)13-21-22-14(23-13)20-12-7-3-10(4-8-12)15(17,18)19/h1-8H,(H,20,22). The molecule has 0 unspecified atom stereocenters. The Morgan fingerprint density at radius 2 is 1.52 bits per heavy atom. The van der Waals surface area contributed by atoms with Gasteiger partial charge in [-0.25, -0.2) is 4.39 Å². The van der Waals surface area contributed by atoms with Gasteiger partial charge in [0, 0.05) is 11.3 Å². The summed E-state index contributed by atoms with van der Waals surface area (Å²) in [7, 11) is 0. The molecule has 23 heavy (non-hydrogen) atoms. The van der Waals surface area contributed by atoms with E-state index in [-0.39, 0.29) is 11.9 Å². The highest BCUT2D eigenvalue weighted by Gasteiger charge is 2.29. The highest BCUT2D eigenvalue weighted by atomic mass is 19.4. The molecule has 3 rings (SSSR count). The summed E-state index contributed by atoms with van der Waals surface area (Å²) >= 11 is 0. The van der Waals surface area contributed by atoms with Crippen LogP contribution in [0.2, 0.25) is 0 Å². The summed E-state index contributed by atoms with van der Waals surface area (Å²) in [6, 6.07) is 9.87. The van der Waals surface area contributed by atoms with E-state index in [0.717, 1.165) is 12.1 Å². The molecule has 0 saturated heterocycles. The van der Waals surface area contributed by atoms with Gasteiger partial charge in [-0.3, -0.25) is 0 Å². The van der Waals surface area contributed by atoms with Crippen LogP contribution in [0.5, 0.6) is 0 Å². The van der Waals surface area contributed by atoms with Gasteiger partial charge in [0.05, 0.1) is 5.56 Å². The van der Waals surface area contributed by atoms with E-state index in [1.165, 1.54) is 36.4 Å². The Hall–Kier alpha value is -2.90. The van der Waals surface area contributed by atoms with E-state index in [9.17, 15) is 17.6 Å². The van der Waals surface area contributed by atoms with Gasteiger partial charge in [0.1, 0.15) is 5.82 Å². The lowest BCUT2D eigenvalue weighted by molar-refractivity contribution is -0.137. The fraction of sp³-hybridized carbons (Fsp3) is 0.0667. The van der Waals surface area contributed by atoms with Crippen molar-refractivity contribution in [1.82, 2.24) is 10.2 Å². The van der Waals surface area contributed by atoms with Crippen LogP contribution in [0.15, 0.2) is 52.9 Å². The zero-order valence-corrected chi connectivity index (χ0v) is 11.4. The number of hydrogen-bond donors (Lipinski definition) is 1. The van der Waals surface area contributed by atoms with E-state index in [4.69, 9.17) is 4.42 Å². The van der Waals surface area contributed by atoms with Crippen LogP contribution in [0.1, 0.15) is 5.56 Å². The number of nitrogens with zero attached hydrogens (tertiary/aromatic N) is 2. The van der Waals surface area contributed by atoms with E-state index in [0.29, 0.717) is 11.3 Å². The molecule has 0 aliphatic carbocycles. The third-order valence-corrected chi connectivity index (χ3v) is 2.98. The average molecular weight is 323 g/mol. The molecule has 0 spiro atoms. The van der Waals surface area contributed by atoms with Gasteiger partial charge in [0.25, 0.3) is 0 Å². The van der Waals surface area contributed by atoms with Gasteiger partial charge in [0.15, 0.2) is 0 Å². The lowest BCUT2D eigenvalue weighted by Crippen LogP contribution is -2.04. The quantitative estimate of drug-likeness (QED) is 0.714. The molecule has 3 aromatic rings. The van der Waals surface area contributed by atoms with Gasteiger partial charge >= 0.3 is 12.2 Å². The number of alkyl halides is 3. The van der Waals surface area contributed by atoms with Crippen molar-refractivity contribution in [1.29, 1.82) is 0 Å². The van der Waals surface area contributed by atoms with Crippen molar-refractivity contribution in [2.75, 3.05) is 5.32 Å². The summed E-state index contributed by atoms with van der Waals surface area (Å²) in [6.45, 7) is 0. The lowest BCUT2D eigenvalue weighted by Gasteiger charge is -2.07. The smallest absolute Gasteiger partial charge is 0.403 e. The molecule has 0 amide bonds. The molecule has 0 fully saturated rings. The number of nitrogens with one attached hydrogen (secondary N) is 1. The van der Waals surface area contributed by atoms with Crippen LogP contribution in [0.3, 0.4) is 0 Å². The third kappa shape index (κ3) is 3.47. The van der Waals surface area contributed by atoms with Crippen molar-refractivity contribution in [3.05, 3.63) is 59.9 Å². The largest absolute Gasteiger partial charge is 0.416 e. The maximum absolute atomic E-state index is 12.9. The highest BCUT2D eigenvalue weighted by Crippen LogP contribution is 2.30. The Kier molecular flexibility index (Phi) is 3.73. The topological polar surface area (TPSA) is 51.0 Å². The second-order valence-electron chi connectivity index (χ2n) is 4.62. The second kappa shape index (κ2) is 5.71. The summed E-state index contributed by atoms with van der Waals surface area (Å²) in [5, 5.41) is 10.2. The van der Waals surface area contributed by atoms with Crippen molar-refractivity contribution in [3.63, 3.8) is 0 Å². The van der Waals surface area contributed by atoms with Crippen molar-refractivity contribution in [2.24, 2.45) is 0 Å². The molecule has 4 nitrogen and oxygen atoms in total. The van der Waals surface area contributed by atoms with Gasteiger partial charge in [-0.15, -0.1) is 5.10 Å². The van der Waals surface area contributed by atoms with Crippen molar-refractivity contribution >= 4 is 11.7 Å². The van der Waals surface area contributed by atoms with Crippen molar-refractivity contribution < 1.29 is 22.0 Å². The van der Waals surface area contributed by atoms with Crippen LogP contribution < -0.4 is 5.32 Å². The first-order valence-corrected chi connectivity index (χ1v) is 6.45. The number of hydrogen-bond acceptors (Lipinski definition) is 4. The van der Waals surface area contributed by atoms with Crippen LogP contribution in [0.4, 0.5) is 29.3 Å². The zero-order valence-electron chi connectivity index (χ0n) is 11.4. The molecule has 2 aromatic carbocycles. The first-order valence-electron chi connectivity index (χ1n) is 6.45. The number of aromatic nitrogens is 2. The van der Waals surface area contributed by atoms with Crippen LogP contribution in [0, 0.1) is 5.82 Å². The molecule has 1 N–H and O–H groups in total. The van der Waals surface area contributed by atoms with Gasteiger partial charge in [-0.1, -0.05) is 5.10 Å². The summed E-state index contributed by atoms with van der Waals surface area (Å²) < 4.78 is 55.6. The van der Waals surface area contributed by atoms with Crippen LogP contribution in [-0.2, 0) is 6.18 Å².